The van der Waals surface area contributed by atoms with Crippen molar-refractivity contribution in [2.24, 2.45) is 0 Å². The molecule has 3 aromatic carbocycles. The van der Waals surface area contributed by atoms with E-state index in [1.165, 1.54) is 17.3 Å². The van der Waals surface area contributed by atoms with Crippen molar-refractivity contribution in [1.82, 2.24) is 14.8 Å². The zero-order valence-corrected chi connectivity index (χ0v) is 22.0. The van der Waals surface area contributed by atoms with E-state index in [0.29, 0.717) is 23.3 Å². The first-order valence-corrected chi connectivity index (χ1v) is 12.7. The molecule has 0 saturated carbocycles. The average molecular weight is 553 g/mol. The van der Waals surface area contributed by atoms with E-state index in [0.717, 1.165) is 26.9 Å². The smallest absolute Gasteiger partial charge is 0.220 e. The first-order chi connectivity index (χ1) is 16.8. The summed E-state index contributed by atoms with van der Waals surface area (Å²) in [5.41, 5.74) is 4.98. The maximum atomic E-state index is 11.7. The zero-order chi connectivity index (χ0) is 24.9. The molecule has 180 valence electrons. The van der Waals surface area contributed by atoms with Gasteiger partial charge >= 0.3 is 0 Å². The summed E-state index contributed by atoms with van der Waals surface area (Å²) in [5, 5.41) is 20.3. The number of rotatable bonds is 9. The van der Waals surface area contributed by atoms with Gasteiger partial charge in [-0.15, -0.1) is 10.2 Å². The molecule has 1 aromatic heterocycles. The molecule has 0 aliphatic carbocycles. The first kappa shape index (κ1) is 24.9. The Morgan fingerprint density at radius 1 is 1.00 bits per heavy atom. The Morgan fingerprint density at radius 2 is 1.66 bits per heavy atom. The van der Waals surface area contributed by atoms with Crippen molar-refractivity contribution < 1.29 is 9.66 Å². The summed E-state index contributed by atoms with van der Waals surface area (Å²) in [5.74, 6) is 1.31. The fourth-order valence-electron chi connectivity index (χ4n) is 3.62. The van der Waals surface area contributed by atoms with Crippen molar-refractivity contribution in [3.05, 3.63) is 109 Å². The number of hydrogen-bond donors (Lipinski definition) is 0. The van der Waals surface area contributed by atoms with Crippen LogP contribution in [0.15, 0.2) is 76.4 Å². The van der Waals surface area contributed by atoms with Gasteiger partial charge in [-0.25, -0.2) is 0 Å². The van der Waals surface area contributed by atoms with Crippen molar-refractivity contribution in [2.45, 2.75) is 37.8 Å². The molecular formula is C26H25BrN4O3S. The van der Waals surface area contributed by atoms with Crippen LogP contribution >= 0.6 is 27.7 Å². The van der Waals surface area contributed by atoms with Gasteiger partial charge in [0.25, 0.3) is 0 Å². The molecule has 0 aliphatic heterocycles. The molecule has 4 aromatic rings. The van der Waals surface area contributed by atoms with Crippen LogP contribution in [0.4, 0.5) is 0 Å². The SMILES string of the molecule is Cc1ccc(COc2ccc(Br)cc2[C@@H](C[N+](=O)[O-])Sc2nnc(C)n2-c2ccc(C)cc2)cc1. The highest BCUT2D eigenvalue weighted by Crippen LogP contribution is 2.41. The monoisotopic (exact) mass is 552 g/mol. The number of nitro groups is 1. The first-order valence-electron chi connectivity index (χ1n) is 11.1. The molecule has 1 atom stereocenters. The highest BCUT2D eigenvalue weighted by atomic mass is 79.9. The van der Waals surface area contributed by atoms with Crippen LogP contribution in [-0.4, -0.2) is 26.2 Å². The standard InChI is InChI=1S/C26H25BrN4O3S/c1-17-4-8-20(9-5-17)16-34-24-13-10-21(27)14-23(24)25(15-30(32)33)35-26-29-28-19(3)31(26)22-11-6-18(2)7-12-22/h4-14,25H,15-16H2,1-3H3/t25-/m1/s1. The second-order valence-corrected chi connectivity index (χ2v) is 10.4. The highest BCUT2D eigenvalue weighted by Gasteiger charge is 2.27. The molecule has 0 amide bonds. The van der Waals surface area contributed by atoms with E-state index in [9.17, 15) is 10.1 Å². The molecule has 0 saturated heterocycles. The molecule has 0 bridgehead atoms. The molecule has 7 nitrogen and oxygen atoms in total. The minimum Gasteiger partial charge on any atom is -0.489 e. The lowest BCUT2D eigenvalue weighted by atomic mass is 10.1. The van der Waals surface area contributed by atoms with Crippen molar-refractivity contribution in [3.8, 4) is 11.4 Å². The van der Waals surface area contributed by atoms with E-state index in [4.69, 9.17) is 4.74 Å². The second kappa shape index (κ2) is 11.0. The maximum absolute atomic E-state index is 11.7. The highest BCUT2D eigenvalue weighted by molar-refractivity contribution is 9.10. The Hall–Kier alpha value is -3.17. The predicted molar refractivity (Wildman–Crippen MR) is 141 cm³/mol. The Bertz CT molecular complexity index is 1320. The van der Waals surface area contributed by atoms with E-state index in [-0.39, 0.29) is 11.5 Å². The van der Waals surface area contributed by atoms with Gasteiger partial charge in [-0.1, -0.05) is 75.2 Å². The lowest BCUT2D eigenvalue weighted by Crippen LogP contribution is -2.12. The van der Waals surface area contributed by atoms with Gasteiger partial charge < -0.3 is 4.74 Å². The van der Waals surface area contributed by atoms with E-state index in [2.05, 4.69) is 26.1 Å². The van der Waals surface area contributed by atoms with Crippen LogP contribution in [0.2, 0.25) is 0 Å². The lowest BCUT2D eigenvalue weighted by Gasteiger charge is -2.18. The number of hydrogen-bond acceptors (Lipinski definition) is 6. The zero-order valence-electron chi connectivity index (χ0n) is 19.6. The number of thioether (sulfide) groups is 1. The summed E-state index contributed by atoms with van der Waals surface area (Å²) in [4.78, 5) is 11.4. The fourth-order valence-corrected chi connectivity index (χ4v) is 5.19. The minimum atomic E-state index is -0.539. The molecule has 4 rings (SSSR count). The Morgan fingerprint density at radius 3 is 2.31 bits per heavy atom. The molecule has 0 N–H and O–H groups in total. The number of benzene rings is 3. The van der Waals surface area contributed by atoms with Gasteiger partial charge in [-0.05, 0) is 56.7 Å². The van der Waals surface area contributed by atoms with Gasteiger partial charge in [0.15, 0.2) is 5.16 Å². The third kappa shape index (κ3) is 6.29. The summed E-state index contributed by atoms with van der Waals surface area (Å²) >= 11 is 4.82. The quantitative estimate of drug-likeness (QED) is 0.131. The van der Waals surface area contributed by atoms with Gasteiger partial charge in [-0.3, -0.25) is 14.7 Å². The number of nitrogens with zero attached hydrogens (tertiary/aromatic N) is 4. The number of aromatic nitrogens is 3. The van der Waals surface area contributed by atoms with Crippen molar-refractivity contribution >= 4 is 27.7 Å². The van der Waals surface area contributed by atoms with E-state index in [1.807, 2.05) is 92.1 Å². The summed E-state index contributed by atoms with van der Waals surface area (Å²) in [6.45, 7) is 6.00. The molecule has 0 radical (unpaired) electrons. The minimum absolute atomic E-state index is 0.290. The molecule has 0 fully saturated rings. The van der Waals surface area contributed by atoms with Crippen LogP contribution in [0, 0.1) is 30.9 Å². The molecule has 0 spiro atoms. The van der Waals surface area contributed by atoms with Crippen LogP contribution in [0.1, 0.15) is 33.3 Å². The third-order valence-electron chi connectivity index (χ3n) is 5.48. The molecule has 0 unspecified atom stereocenters. The van der Waals surface area contributed by atoms with Gasteiger partial charge in [0.2, 0.25) is 6.54 Å². The lowest BCUT2D eigenvalue weighted by molar-refractivity contribution is -0.479. The topological polar surface area (TPSA) is 83.1 Å². The van der Waals surface area contributed by atoms with Gasteiger partial charge in [0, 0.05) is 20.6 Å². The van der Waals surface area contributed by atoms with Crippen LogP contribution < -0.4 is 4.74 Å². The van der Waals surface area contributed by atoms with Gasteiger partial charge in [0.05, 0.1) is 0 Å². The van der Waals surface area contributed by atoms with E-state index >= 15 is 0 Å². The van der Waals surface area contributed by atoms with Gasteiger partial charge in [-0.2, -0.15) is 0 Å². The average Bonchev–Trinajstić information content (AvgIpc) is 3.19. The second-order valence-electron chi connectivity index (χ2n) is 8.28. The largest absolute Gasteiger partial charge is 0.489 e. The number of aryl methyl sites for hydroxylation is 3. The summed E-state index contributed by atoms with van der Waals surface area (Å²) < 4.78 is 8.89. The Labute approximate surface area is 216 Å². The van der Waals surface area contributed by atoms with Crippen LogP contribution in [0.3, 0.4) is 0 Å². The Balaban J connectivity index is 1.67. The van der Waals surface area contributed by atoms with Crippen molar-refractivity contribution in [3.63, 3.8) is 0 Å². The van der Waals surface area contributed by atoms with Crippen LogP contribution in [-0.2, 0) is 6.61 Å². The number of halogens is 1. The normalized spacial score (nSPS) is 11.9. The maximum Gasteiger partial charge on any atom is 0.220 e. The molecule has 0 aliphatic rings. The third-order valence-corrected chi connectivity index (χ3v) is 7.14. The fraction of sp³-hybridized carbons (Fsp3) is 0.231. The molecule has 9 heteroatoms. The molecule has 1 heterocycles. The number of ether oxygens (including phenoxy) is 1. The van der Waals surface area contributed by atoms with Gasteiger partial charge in [0.1, 0.15) is 23.4 Å². The van der Waals surface area contributed by atoms with E-state index in [1.54, 1.807) is 0 Å². The van der Waals surface area contributed by atoms with Crippen molar-refractivity contribution in [2.75, 3.05) is 6.54 Å². The van der Waals surface area contributed by atoms with E-state index < -0.39 is 5.25 Å². The van der Waals surface area contributed by atoms with Crippen LogP contribution in [0.25, 0.3) is 5.69 Å². The van der Waals surface area contributed by atoms with Crippen molar-refractivity contribution in [1.29, 1.82) is 0 Å². The summed E-state index contributed by atoms with van der Waals surface area (Å²) in [6.07, 6.45) is 0. The molecule has 35 heavy (non-hydrogen) atoms. The predicted octanol–water partition coefficient (Wildman–Crippen LogP) is 6.64. The Kier molecular flexibility index (Phi) is 7.87. The summed E-state index contributed by atoms with van der Waals surface area (Å²) in [6, 6.07) is 21.7. The molecular weight excluding hydrogens is 528 g/mol. The van der Waals surface area contributed by atoms with Crippen LogP contribution in [0.5, 0.6) is 5.75 Å². The summed E-state index contributed by atoms with van der Waals surface area (Å²) in [7, 11) is 0.